The number of benzene rings is 2. The molecule has 0 aromatic heterocycles. The van der Waals surface area contributed by atoms with E-state index in [0.29, 0.717) is 24.7 Å². The molecule has 2 N–H and O–H groups in total. The van der Waals surface area contributed by atoms with Crippen LogP contribution in [0.5, 0.6) is 11.5 Å². The van der Waals surface area contributed by atoms with Gasteiger partial charge < -0.3 is 33.6 Å². The number of fused-ring (bicyclic) bond motifs is 2. The number of carboxylic acids is 2. The molecule has 0 saturated heterocycles. The normalized spacial score (nSPS) is 17.8. The van der Waals surface area contributed by atoms with E-state index in [9.17, 15) is 19.8 Å². The Hall–Kier alpha value is -3.00. The van der Waals surface area contributed by atoms with Gasteiger partial charge in [-0.25, -0.2) is 0 Å². The molecule has 260 valence electrons. The average molecular weight is 673 g/mol. The zero-order valence-electron chi connectivity index (χ0n) is 29.3. The Kier molecular flexibility index (Phi) is 11.2. The van der Waals surface area contributed by atoms with Gasteiger partial charge in [-0.2, -0.15) is 0 Å². The van der Waals surface area contributed by atoms with Crippen LogP contribution in [-0.2, 0) is 49.8 Å². The van der Waals surface area contributed by atoms with Crippen molar-refractivity contribution >= 4 is 20.3 Å². The van der Waals surface area contributed by atoms with Crippen molar-refractivity contribution in [2.45, 2.75) is 111 Å². The van der Waals surface area contributed by atoms with Crippen molar-refractivity contribution in [3.63, 3.8) is 0 Å². The monoisotopic (exact) mass is 672 g/mol. The molecular formula is C35H52N2O9Si. The predicted molar refractivity (Wildman–Crippen MR) is 180 cm³/mol. The van der Waals surface area contributed by atoms with E-state index >= 15 is 0 Å². The van der Waals surface area contributed by atoms with Gasteiger partial charge in [0.2, 0.25) is 11.6 Å². The van der Waals surface area contributed by atoms with Gasteiger partial charge in [-0.3, -0.25) is 19.4 Å². The summed E-state index contributed by atoms with van der Waals surface area (Å²) in [5.74, 6) is -2.26. The van der Waals surface area contributed by atoms with Crippen molar-refractivity contribution < 1.29 is 43.2 Å². The van der Waals surface area contributed by atoms with Gasteiger partial charge in [-0.1, -0.05) is 57.2 Å². The largest absolute Gasteiger partial charge is 0.480 e. The number of hydrogen-bond acceptors (Lipinski definition) is 9. The van der Waals surface area contributed by atoms with Crippen LogP contribution in [0.15, 0.2) is 36.4 Å². The fourth-order valence-corrected chi connectivity index (χ4v) is 6.53. The molecule has 0 amide bonds. The smallest absolute Gasteiger partial charge is 0.317 e. The summed E-state index contributed by atoms with van der Waals surface area (Å²) in [4.78, 5) is 28.3. The molecule has 0 bridgehead atoms. The van der Waals surface area contributed by atoms with Gasteiger partial charge >= 0.3 is 11.9 Å². The first-order valence-corrected chi connectivity index (χ1v) is 19.1. The molecule has 0 spiro atoms. The van der Waals surface area contributed by atoms with E-state index < -0.39 is 37.9 Å². The lowest BCUT2D eigenvalue weighted by molar-refractivity contribution is -0.181. The van der Waals surface area contributed by atoms with Gasteiger partial charge in [0.25, 0.3) is 0 Å². The third-order valence-electron chi connectivity index (χ3n) is 9.10. The van der Waals surface area contributed by atoms with Crippen molar-refractivity contribution in [1.29, 1.82) is 0 Å². The molecule has 0 saturated carbocycles. The number of para-hydroxylation sites is 2. The molecule has 0 aliphatic carbocycles. The molecule has 1 atom stereocenters. The van der Waals surface area contributed by atoms with Crippen molar-refractivity contribution in [3.8, 4) is 11.5 Å². The Balaban J connectivity index is 1.71. The van der Waals surface area contributed by atoms with E-state index in [1.54, 1.807) is 0 Å². The van der Waals surface area contributed by atoms with Gasteiger partial charge in [-0.05, 0) is 18.1 Å². The summed E-state index contributed by atoms with van der Waals surface area (Å²) < 4.78 is 30.8. The van der Waals surface area contributed by atoms with Gasteiger partial charge in [0.05, 0.1) is 32.9 Å². The molecule has 2 aliphatic heterocycles. The van der Waals surface area contributed by atoms with Crippen LogP contribution >= 0.6 is 0 Å². The molecule has 12 heteroatoms. The minimum Gasteiger partial charge on any atom is -0.480 e. The summed E-state index contributed by atoms with van der Waals surface area (Å²) in [6.07, 6.45) is 0. The zero-order valence-corrected chi connectivity index (χ0v) is 30.3. The third kappa shape index (κ3) is 9.77. The Morgan fingerprint density at radius 2 is 1.34 bits per heavy atom. The number of nitrogens with zero attached hydrogens (tertiary/aromatic N) is 2. The number of ether oxygens (including phenoxy) is 4. The molecule has 11 nitrogen and oxygen atoms in total. The van der Waals surface area contributed by atoms with Crippen LogP contribution in [0, 0.1) is 0 Å². The third-order valence-corrected chi connectivity index (χ3v) is 13.6. The minimum absolute atomic E-state index is 0.0802. The molecule has 2 aromatic rings. The maximum atomic E-state index is 12.4. The highest BCUT2D eigenvalue weighted by Crippen LogP contribution is 2.38. The quantitative estimate of drug-likeness (QED) is 0.235. The highest BCUT2D eigenvalue weighted by Gasteiger charge is 2.39. The first-order chi connectivity index (χ1) is 21.8. The minimum atomic E-state index is -2.26. The van der Waals surface area contributed by atoms with Crippen LogP contribution < -0.4 is 9.47 Å². The van der Waals surface area contributed by atoms with Gasteiger partial charge in [0.1, 0.15) is 11.5 Å². The summed E-state index contributed by atoms with van der Waals surface area (Å²) in [6.45, 7) is 19.4. The molecule has 2 aliphatic rings. The van der Waals surface area contributed by atoms with Gasteiger partial charge in [0.15, 0.2) is 8.32 Å². The van der Waals surface area contributed by atoms with Crippen LogP contribution in [0.25, 0.3) is 0 Å². The number of hydrogen-bond donors (Lipinski definition) is 2. The fraction of sp³-hybridized carbons (Fsp3) is 0.600. The standard InChI is InChI=1S/C35H52N2O9Si/c1-33(2,3)47(8,9)44-23-28(37(20-30(40)41)17-25-13-11-15-27-22-43-35(6,7)46-32(25)27)18-36(19-29(38)39)16-24-12-10-14-26-21-42-34(4,5)45-31(24)26/h10-15,28H,16-23H2,1-9H3,(H,38,39)(H,40,41). The van der Waals surface area contributed by atoms with E-state index in [-0.39, 0.29) is 44.4 Å². The molecular weight excluding hydrogens is 620 g/mol. The van der Waals surface area contributed by atoms with Gasteiger partial charge in [-0.15, -0.1) is 0 Å². The van der Waals surface area contributed by atoms with E-state index in [2.05, 4.69) is 33.9 Å². The maximum absolute atomic E-state index is 12.4. The molecule has 0 fully saturated rings. The molecule has 2 aromatic carbocycles. The number of carboxylic acid groups (broad SMARTS) is 2. The first kappa shape index (κ1) is 36.8. The van der Waals surface area contributed by atoms with E-state index in [1.807, 2.05) is 73.9 Å². The summed E-state index contributed by atoms with van der Waals surface area (Å²) >= 11 is 0. The van der Waals surface area contributed by atoms with E-state index in [4.69, 9.17) is 23.4 Å². The topological polar surface area (TPSA) is 127 Å². The van der Waals surface area contributed by atoms with Crippen molar-refractivity contribution in [2.75, 3.05) is 26.2 Å². The number of aliphatic carboxylic acids is 2. The van der Waals surface area contributed by atoms with Crippen LogP contribution in [0.2, 0.25) is 18.1 Å². The summed E-state index contributed by atoms with van der Waals surface area (Å²) in [5.41, 5.74) is 3.44. The van der Waals surface area contributed by atoms with Crippen LogP contribution in [0.3, 0.4) is 0 Å². The molecule has 47 heavy (non-hydrogen) atoms. The summed E-state index contributed by atoms with van der Waals surface area (Å²) in [5, 5.41) is 20.1. The van der Waals surface area contributed by atoms with E-state index in [1.165, 1.54) is 0 Å². The van der Waals surface area contributed by atoms with Crippen molar-refractivity contribution in [3.05, 3.63) is 58.7 Å². The molecule has 4 rings (SSSR count). The van der Waals surface area contributed by atoms with Crippen LogP contribution in [0.1, 0.15) is 70.7 Å². The highest BCUT2D eigenvalue weighted by atomic mass is 28.4. The molecule has 1 unspecified atom stereocenters. The summed E-state index contributed by atoms with van der Waals surface area (Å²) in [7, 11) is -2.26. The van der Waals surface area contributed by atoms with Crippen molar-refractivity contribution in [2.24, 2.45) is 0 Å². The number of carbonyl (C=O) groups is 2. The maximum Gasteiger partial charge on any atom is 0.317 e. The summed E-state index contributed by atoms with van der Waals surface area (Å²) in [6, 6.07) is 11.1. The SMILES string of the molecule is CC1(C)OCc2cccc(CN(CC(=O)O)CC(CO[Si](C)(C)C(C)(C)C)N(CC(=O)O)Cc3cccc4c3OC(C)(C)OC4)c2O1. The Bertz CT molecular complexity index is 1440. The molecule has 2 heterocycles. The second-order valence-electron chi connectivity index (χ2n) is 15.0. The fourth-order valence-electron chi connectivity index (χ4n) is 5.48. The van der Waals surface area contributed by atoms with E-state index in [0.717, 1.165) is 22.3 Å². The molecule has 0 radical (unpaired) electrons. The second kappa shape index (κ2) is 14.2. The van der Waals surface area contributed by atoms with Crippen molar-refractivity contribution in [1.82, 2.24) is 9.80 Å². The first-order valence-electron chi connectivity index (χ1n) is 16.2. The zero-order chi connectivity index (χ0) is 34.8. The second-order valence-corrected chi connectivity index (χ2v) is 19.8. The average Bonchev–Trinajstić information content (AvgIpc) is 2.93. The van der Waals surface area contributed by atoms with Crippen LogP contribution in [0.4, 0.5) is 0 Å². The lowest BCUT2D eigenvalue weighted by Crippen LogP contribution is -2.52. The predicted octanol–water partition coefficient (Wildman–Crippen LogP) is 5.84. The Labute approximate surface area is 279 Å². The Morgan fingerprint density at radius 1 is 0.851 bits per heavy atom. The number of rotatable bonds is 14. The van der Waals surface area contributed by atoms with Gasteiger partial charge in [0, 0.05) is 75.6 Å². The Morgan fingerprint density at radius 3 is 1.81 bits per heavy atom. The van der Waals surface area contributed by atoms with Crippen LogP contribution in [-0.4, -0.2) is 84.1 Å². The lowest BCUT2D eigenvalue weighted by atomic mass is 10.0. The highest BCUT2D eigenvalue weighted by molar-refractivity contribution is 6.74. The lowest BCUT2D eigenvalue weighted by Gasteiger charge is -2.41.